The van der Waals surface area contributed by atoms with Crippen molar-refractivity contribution >= 4 is 16.6 Å². The topological polar surface area (TPSA) is 83.1 Å². The first-order chi connectivity index (χ1) is 11.5. The zero-order valence-corrected chi connectivity index (χ0v) is 13.2. The zero-order chi connectivity index (χ0) is 17.4. The second-order valence-corrected chi connectivity index (χ2v) is 5.53. The number of nitriles is 1. The standard InChI is InChI=1S/C19H14N2O3/c1-11-15(10-20)18(23)21(2)19(24)16(11)17(22)14-9-5-7-12-6-3-4-8-13(12)14/h3-9,24H,1-2H3. The van der Waals surface area contributed by atoms with Crippen LogP contribution in [0, 0.1) is 18.3 Å². The number of hydrogen-bond donors (Lipinski definition) is 1. The van der Waals surface area contributed by atoms with Gasteiger partial charge in [-0.3, -0.25) is 14.2 Å². The van der Waals surface area contributed by atoms with Crippen molar-refractivity contribution in [1.82, 2.24) is 4.57 Å². The lowest BCUT2D eigenvalue weighted by molar-refractivity contribution is 0.103. The first kappa shape index (κ1) is 15.5. The molecular weight excluding hydrogens is 304 g/mol. The lowest BCUT2D eigenvalue weighted by Crippen LogP contribution is -2.24. The Bertz CT molecular complexity index is 1080. The molecule has 24 heavy (non-hydrogen) atoms. The number of carbonyl (C=O) groups is 1. The van der Waals surface area contributed by atoms with E-state index in [1.165, 1.54) is 14.0 Å². The number of hydrogen-bond acceptors (Lipinski definition) is 4. The quantitative estimate of drug-likeness (QED) is 0.736. The summed E-state index contributed by atoms with van der Waals surface area (Å²) < 4.78 is 0.921. The van der Waals surface area contributed by atoms with Gasteiger partial charge in [0, 0.05) is 12.6 Å². The summed E-state index contributed by atoms with van der Waals surface area (Å²) in [6, 6.07) is 14.5. The van der Waals surface area contributed by atoms with Crippen molar-refractivity contribution in [3.63, 3.8) is 0 Å². The molecule has 0 amide bonds. The van der Waals surface area contributed by atoms with Gasteiger partial charge in [0.15, 0.2) is 5.78 Å². The summed E-state index contributed by atoms with van der Waals surface area (Å²) in [5.41, 5.74) is -0.184. The number of carbonyl (C=O) groups excluding carboxylic acids is 1. The minimum absolute atomic E-state index is 0.0231. The predicted octanol–water partition coefficient (Wildman–Crippen LogP) is 2.66. The fourth-order valence-corrected chi connectivity index (χ4v) is 2.85. The summed E-state index contributed by atoms with van der Waals surface area (Å²) in [5, 5.41) is 21.2. The maximum Gasteiger partial charge on any atom is 0.271 e. The van der Waals surface area contributed by atoms with Crippen LogP contribution in [0.4, 0.5) is 0 Å². The van der Waals surface area contributed by atoms with Gasteiger partial charge in [0.2, 0.25) is 5.88 Å². The first-order valence-corrected chi connectivity index (χ1v) is 7.32. The van der Waals surface area contributed by atoms with Gasteiger partial charge in [-0.2, -0.15) is 5.26 Å². The summed E-state index contributed by atoms with van der Waals surface area (Å²) >= 11 is 0. The van der Waals surface area contributed by atoms with E-state index >= 15 is 0 Å². The zero-order valence-electron chi connectivity index (χ0n) is 13.2. The number of aromatic nitrogens is 1. The molecule has 0 radical (unpaired) electrons. The number of fused-ring (bicyclic) bond motifs is 1. The first-order valence-electron chi connectivity index (χ1n) is 7.32. The Morgan fingerprint density at radius 2 is 1.83 bits per heavy atom. The SMILES string of the molecule is Cc1c(C(=O)c2cccc3ccccc23)c(O)n(C)c(=O)c1C#N. The molecule has 5 heteroatoms. The summed E-state index contributed by atoms with van der Waals surface area (Å²) in [5.74, 6) is -0.858. The molecular formula is C19H14N2O3. The second-order valence-electron chi connectivity index (χ2n) is 5.53. The van der Waals surface area contributed by atoms with Gasteiger partial charge in [0.1, 0.15) is 11.6 Å². The van der Waals surface area contributed by atoms with E-state index in [2.05, 4.69) is 0 Å². The second kappa shape index (κ2) is 5.67. The fraction of sp³-hybridized carbons (Fsp3) is 0.105. The molecule has 3 rings (SSSR count). The molecule has 1 aromatic heterocycles. The van der Waals surface area contributed by atoms with Crippen LogP contribution in [0.1, 0.15) is 27.0 Å². The normalized spacial score (nSPS) is 10.5. The maximum atomic E-state index is 13.0. The Kier molecular flexibility index (Phi) is 3.66. The molecule has 1 N–H and O–H groups in total. The van der Waals surface area contributed by atoms with Crippen LogP contribution in [0.15, 0.2) is 47.3 Å². The molecule has 0 bridgehead atoms. The van der Waals surface area contributed by atoms with Crippen molar-refractivity contribution in [2.75, 3.05) is 0 Å². The Morgan fingerprint density at radius 3 is 2.54 bits per heavy atom. The average Bonchev–Trinajstić information content (AvgIpc) is 2.60. The molecule has 0 saturated carbocycles. The molecule has 2 aromatic carbocycles. The molecule has 3 aromatic rings. The van der Waals surface area contributed by atoms with Crippen LogP contribution in [0.25, 0.3) is 10.8 Å². The van der Waals surface area contributed by atoms with Gasteiger partial charge in [-0.25, -0.2) is 0 Å². The summed E-state index contributed by atoms with van der Waals surface area (Å²) in [6.07, 6.45) is 0. The van der Waals surface area contributed by atoms with E-state index in [4.69, 9.17) is 0 Å². The average molecular weight is 318 g/mol. The number of nitrogens with zero attached hydrogens (tertiary/aromatic N) is 2. The van der Waals surface area contributed by atoms with Crippen LogP contribution in [-0.2, 0) is 7.05 Å². The van der Waals surface area contributed by atoms with Crippen LogP contribution < -0.4 is 5.56 Å². The lowest BCUT2D eigenvalue weighted by atomic mass is 9.94. The van der Waals surface area contributed by atoms with Crippen molar-refractivity contribution in [3.8, 4) is 11.9 Å². The summed E-state index contributed by atoms with van der Waals surface area (Å²) in [6.45, 7) is 1.50. The molecule has 0 saturated heterocycles. The molecule has 0 aliphatic rings. The smallest absolute Gasteiger partial charge is 0.271 e. The van der Waals surface area contributed by atoms with E-state index in [1.54, 1.807) is 12.1 Å². The monoisotopic (exact) mass is 318 g/mol. The maximum absolute atomic E-state index is 13.0. The molecule has 118 valence electrons. The molecule has 5 nitrogen and oxygen atoms in total. The largest absolute Gasteiger partial charge is 0.494 e. The van der Waals surface area contributed by atoms with E-state index in [0.29, 0.717) is 5.56 Å². The molecule has 0 aliphatic heterocycles. The number of rotatable bonds is 2. The molecule has 1 heterocycles. The van der Waals surface area contributed by atoms with Gasteiger partial charge >= 0.3 is 0 Å². The molecule has 0 spiro atoms. The Labute approximate surface area is 138 Å². The van der Waals surface area contributed by atoms with Crippen LogP contribution in [0.3, 0.4) is 0 Å². The van der Waals surface area contributed by atoms with Crippen LogP contribution in [-0.4, -0.2) is 15.5 Å². The van der Waals surface area contributed by atoms with Gasteiger partial charge in [-0.1, -0.05) is 42.5 Å². The van der Waals surface area contributed by atoms with E-state index < -0.39 is 17.2 Å². The molecule has 0 unspecified atom stereocenters. The minimum Gasteiger partial charge on any atom is -0.494 e. The van der Waals surface area contributed by atoms with Crippen molar-refractivity contribution in [3.05, 3.63) is 75.1 Å². The highest BCUT2D eigenvalue weighted by Gasteiger charge is 2.24. The number of aromatic hydroxyl groups is 1. The van der Waals surface area contributed by atoms with Crippen molar-refractivity contribution in [2.45, 2.75) is 6.92 Å². The summed E-state index contributed by atoms with van der Waals surface area (Å²) in [7, 11) is 1.33. The molecule has 0 atom stereocenters. The van der Waals surface area contributed by atoms with Gasteiger partial charge in [-0.05, 0) is 23.3 Å². The Balaban J connectivity index is 2.34. The third-order valence-electron chi connectivity index (χ3n) is 4.18. The Morgan fingerprint density at radius 1 is 1.17 bits per heavy atom. The number of ketones is 1. The van der Waals surface area contributed by atoms with Gasteiger partial charge in [0.05, 0.1) is 5.56 Å². The molecule has 0 aliphatic carbocycles. The van der Waals surface area contributed by atoms with Crippen LogP contribution >= 0.6 is 0 Å². The Hall–Kier alpha value is -3.39. The van der Waals surface area contributed by atoms with Gasteiger partial charge < -0.3 is 5.11 Å². The highest BCUT2D eigenvalue weighted by Crippen LogP contribution is 2.27. The van der Waals surface area contributed by atoms with Crippen LogP contribution in [0.2, 0.25) is 0 Å². The highest BCUT2D eigenvalue weighted by molar-refractivity contribution is 6.18. The van der Waals surface area contributed by atoms with Gasteiger partial charge in [-0.15, -0.1) is 0 Å². The predicted molar refractivity (Wildman–Crippen MR) is 90.2 cm³/mol. The van der Waals surface area contributed by atoms with E-state index in [9.17, 15) is 20.0 Å². The van der Waals surface area contributed by atoms with E-state index in [-0.39, 0.29) is 16.7 Å². The van der Waals surface area contributed by atoms with Crippen molar-refractivity contribution < 1.29 is 9.90 Å². The molecule has 0 fully saturated rings. The third-order valence-corrected chi connectivity index (χ3v) is 4.18. The van der Waals surface area contributed by atoms with Crippen molar-refractivity contribution in [1.29, 1.82) is 5.26 Å². The van der Waals surface area contributed by atoms with Crippen LogP contribution in [0.5, 0.6) is 5.88 Å². The minimum atomic E-state index is -0.623. The highest BCUT2D eigenvalue weighted by atomic mass is 16.3. The van der Waals surface area contributed by atoms with Gasteiger partial charge in [0.25, 0.3) is 5.56 Å². The lowest BCUT2D eigenvalue weighted by Gasteiger charge is -2.13. The van der Waals surface area contributed by atoms with E-state index in [0.717, 1.165) is 15.3 Å². The third kappa shape index (κ3) is 2.17. The van der Waals surface area contributed by atoms with E-state index in [1.807, 2.05) is 36.4 Å². The van der Waals surface area contributed by atoms with Crippen molar-refractivity contribution in [2.24, 2.45) is 7.05 Å². The number of pyridine rings is 1. The summed E-state index contributed by atoms with van der Waals surface area (Å²) in [4.78, 5) is 25.1. The fourth-order valence-electron chi connectivity index (χ4n) is 2.85. The number of benzene rings is 2.